The van der Waals surface area contributed by atoms with Gasteiger partial charge >= 0.3 is 0 Å². The number of aromatic nitrogens is 5. The number of pyridine rings is 1. The van der Waals surface area contributed by atoms with Crippen molar-refractivity contribution in [3.8, 4) is 17.3 Å². The lowest BCUT2D eigenvalue weighted by atomic mass is 10.1. The van der Waals surface area contributed by atoms with E-state index in [1.165, 1.54) is 0 Å². The van der Waals surface area contributed by atoms with Crippen molar-refractivity contribution in [2.24, 2.45) is 0 Å². The maximum absolute atomic E-state index is 13.3. The monoisotopic (exact) mass is 457 g/mol. The van der Waals surface area contributed by atoms with Crippen molar-refractivity contribution in [3.05, 3.63) is 68.1 Å². The van der Waals surface area contributed by atoms with E-state index in [9.17, 15) is 4.79 Å². The molecule has 0 saturated heterocycles. The van der Waals surface area contributed by atoms with Crippen LogP contribution in [0.3, 0.4) is 0 Å². The molecule has 0 aliphatic heterocycles. The van der Waals surface area contributed by atoms with Gasteiger partial charge in [-0.2, -0.15) is 5.10 Å². The van der Waals surface area contributed by atoms with E-state index in [-0.39, 0.29) is 11.6 Å². The molecular formula is C20H17BrClN5O. The van der Waals surface area contributed by atoms with Crippen LogP contribution in [0.5, 0.6) is 0 Å². The summed E-state index contributed by atoms with van der Waals surface area (Å²) in [6, 6.07) is 10.9. The number of aryl methyl sites for hydroxylation is 1. The highest BCUT2D eigenvalue weighted by Crippen LogP contribution is 2.29. The number of halogens is 2. The smallest absolute Gasteiger partial charge is 0.261 e. The van der Waals surface area contributed by atoms with E-state index < -0.39 is 0 Å². The highest BCUT2D eigenvalue weighted by molar-refractivity contribution is 9.10. The molecule has 3 aromatic heterocycles. The highest BCUT2D eigenvalue weighted by atomic mass is 79.9. The average molecular weight is 459 g/mol. The number of rotatable bonds is 3. The zero-order valence-electron chi connectivity index (χ0n) is 15.5. The van der Waals surface area contributed by atoms with Crippen molar-refractivity contribution in [1.82, 2.24) is 24.3 Å². The molecule has 142 valence electrons. The number of benzene rings is 1. The zero-order chi connectivity index (χ0) is 20.0. The molecule has 0 aliphatic carbocycles. The Balaban J connectivity index is 2.11. The van der Waals surface area contributed by atoms with Gasteiger partial charge in [0, 0.05) is 18.3 Å². The summed E-state index contributed by atoms with van der Waals surface area (Å²) in [6.07, 6.45) is 1.65. The predicted molar refractivity (Wildman–Crippen MR) is 114 cm³/mol. The molecule has 0 atom stereocenters. The Morgan fingerprint density at radius 3 is 2.68 bits per heavy atom. The fraction of sp³-hybridized carbons (Fsp3) is 0.200. The van der Waals surface area contributed by atoms with E-state index in [1.807, 2.05) is 45.0 Å². The van der Waals surface area contributed by atoms with Gasteiger partial charge in [-0.05, 0) is 60.5 Å². The highest BCUT2D eigenvalue weighted by Gasteiger charge is 2.22. The van der Waals surface area contributed by atoms with Gasteiger partial charge in [-0.15, -0.1) is 0 Å². The van der Waals surface area contributed by atoms with Gasteiger partial charge in [0.05, 0.1) is 15.9 Å². The molecule has 4 rings (SSSR count). The van der Waals surface area contributed by atoms with E-state index in [1.54, 1.807) is 27.6 Å². The molecule has 8 heteroatoms. The molecule has 0 aliphatic rings. The topological polar surface area (TPSA) is 65.6 Å². The summed E-state index contributed by atoms with van der Waals surface area (Å²) in [5.41, 5.74) is 2.15. The van der Waals surface area contributed by atoms with Crippen LogP contribution in [-0.4, -0.2) is 24.3 Å². The number of hydrogen-bond acceptors (Lipinski definition) is 4. The predicted octanol–water partition coefficient (Wildman–Crippen LogP) is 4.95. The van der Waals surface area contributed by atoms with Gasteiger partial charge in [0.1, 0.15) is 10.3 Å². The third kappa shape index (κ3) is 3.04. The SMILES string of the molecule is Cc1cccc2c(=O)n(C(C)C)c(-c3cc(Br)nn3-c3ncccc3Cl)nc12. The molecule has 0 N–H and O–H groups in total. The van der Waals surface area contributed by atoms with Crippen molar-refractivity contribution in [3.63, 3.8) is 0 Å². The summed E-state index contributed by atoms with van der Waals surface area (Å²) < 4.78 is 3.88. The Hall–Kier alpha value is -2.51. The lowest BCUT2D eigenvalue weighted by Crippen LogP contribution is -2.26. The molecule has 4 aromatic rings. The molecule has 0 unspecified atom stereocenters. The van der Waals surface area contributed by atoms with Gasteiger partial charge in [0.25, 0.3) is 5.56 Å². The van der Waals surface area contributed by atoms with Crippen LogP contribution >= 0.6 is 27.5 Å². The van der Waals surface area contributed by atoms with Crippen LogP contribution in [0, 0.1) is 6.92 Å². The fourth-order valence-corrected chi connectivity index (χ4v) is 3.81. The molecule has 0 fully saturated rings. The number of para-hydroxylation sites is 1. The Bertz CT molecular complexity index is 1260. The summed E-state index contributed by atoms with van der Waals surface area (Å²) in [6.45, 7) is 5.86. The molecule has 0 amide bonds. The average Bonchev–Trinajstić information content (AvgIpc) is 3.03. The summed E-state index contributed by atoms with van der Waals surface area (Å²) in [4.78, 5) is 22.5. The van der Waals surface area contributed by atoms with Gasteiger partial charge in [-0.3, -0.25) is 9.36 Å². The van der Waals surface area contributed by atoms with Crippen LogP contribution in [0.15, 0.2) is 52.0 Å². The van der Waals surface area contributed by atoms with Gasteiger partial charge in [0.2, 0.25) is 0 Å². The minimum Gasteiger partial charge on any atom is -0.288 e. The first-order chi connectivity index (χ1) is 13.4. The van der Waals surface area contributed by atoms with Crippen molar-refractivity contribution in [1.29, 1.82) is 0 Å². The van der Waals surface area contributed by atoms with E-state index in [2.05, 4.69) is 26.0 Å². The maximum atomic E-state index is 13.3. The maximum Gasteiger partial charge on any atom is 0.261 e. The first kappa shape index (κ1) is 18.8. The molecule has 1 aromatic carbocycles. The normalized spacial score (nSPS) is 11.5. The standard InChI is InChI=1S/C20H17BrClN5O/c1-11(2)26-19(24-17-12(3)6-4-7-13(17)20(26)28)15-10-16(21)25-27(15)18-14(22)8-5-9-23-18/h4-11H,1-3H3. The van der Waals surface area contributed by atoms with Crippen LogP contribution in [0.25, 0.3) is 28.2 Å². The summed E-state index contributed by atoms with van der Waals surface area (Å²) in [5, 5.41) is 5.53. The van der Waals surface area contributed by atoms with Crippen LogP contribution in [-0.2, 0) is 0 Å². The molecule has 3 heterocycles. The lowest BCUT2D eigenvalue weighted by molar-refractivity contribution is 0.578. The van der Waals surface area contributed by atoms with Gasteiger partial charge in [-0.1, -0.05) is 23.7 Å². The van der Waals surface area contributed by atoms with E-state index in [0.29, 0.717) is 37.9 Å². The Morgan fingerprint density at radius 1 is 1.18 bits per heavy atom. The number of fused-ring (bicyclic) bond motifs is 1. The molecular weight excluding hydrogens is 442 g/mol. The number of nitrogens with zero attached hydrogens (tertiary/aromatic N) is 5. The molecule has 0 bridgehead atoms. The van der Waals surface area contributed by atoms with E-state index in [4.69, 9.17) is 16.6 Å². The Labute approximate surface area is 174 Å². The Kier molecular flexibility index (Phi) is 4.81. The van der Waals surface area contributed by atoms with Crippen molar-refractivity contribution in [2.75, 3.05) is 0 Å². The third-order valence-electron chi connectivity index (χ3n) is 4.50. The van der Waals surface area contributed by atoms with Crippen molar-refractivity contribution in [2.45, 2.75) is 26.8 Å². The second kappa shape index (κ2) is 7.14. The minimum atomic E-state index is -0.0961. The molecule has 0 saturated carbocycles. The minimum absolute atomic E-state index is 0.0882. The second-order valence-corrected chi connectivity index (χ2v) is 7.97. The van der Waals surface area contributed by atoms with E-state index in [0.717, 1.165) is 5.56 Å². The van der Waals surface area contributed by atoms with Crippen molar-refractivity contribution >= 4 is 38.4 Å². The Morgan fingerprint density at radius 2 is 1.96 bits per heavy atom. The second-order valence-electron chi connectivity index (χ2n) is 6.75. The molecule has 0 radical (unpaired) electrons. The zero-order valence-corrected chi connectivity index (χ0v) is 17.9. The van der Waals surface area contributed by atoms with Gasteiger partial charge in [-0.25, -0.2) is 14.6 Å². The third-order valence-corrected chi connectivity index (χ3v) is 5.18. The van der Waals surface area contributed by atoms with Crippen molar-refractivity contribution < 1.29 is 0 Å². The first-order valence-corrected chi connectivity index (χ1v) is 9.94. The van der Waals surface area contributed by atoms with E-state index >= 15 is 0 Å². The van der Waals surface area contributed by atoms with Gasteiger partial charge in [0.15, 0.2) is 11.6 Å². The lowest BCUT2D eigenvalue weighted by Gasteiger charge is -2.18. The first-order valence-electron chi connectivity index (χ1n) is 8.77. The number of hydrogen-bond donors (Lipinski definition) is 0. The largest absolute Gasteiger partial charge is 0.288 e. The summed E-state index contributed by atoms with van der Waals surface area (Å²) >= 11 is 9.78. The van der Waals surface area contributed by atoms with Gasteiger partial charge < -0.3 is 0 Å². The summed E-state index contributed by atoms with van der Waals surface area (Å²) in [7, 11) is 0. The quantitative estimate of drug-likeness (QED) is 0.436. The van der Waals surface area contributed by atoms with Crippen LogP contribution < -0.4 is 5.56 Å². The van der Waals surface area contributed by atoms with Crippen LogP contribution in [0.1, 0.15) is 25.5 Å². The van der Waals surface area contributed by atoms with Crippen LogP contribution in [0.4, 0.5) is 0 Å². The summed E-state index contributed by atoms with van der Waals surface area (Å²) in [5.74, 6) is 0.987. The molecule has 0 spiro atoms. The molecule has 6 nitrogen and oxygen atoms in total. The fourth-order valence-electron chi connectivity index (χ4n) is 3.23. The molecule has 28 heavy (non-hydrogen) atoms. The van der Waals surface area contributed by atoms with Crippen LogP contribution in [0.2, 0.25) is 5.02 Å².